The van der Waals surface area contributed by atoms with Crippen molar-refractivity contribution in [3.8, 4) is 0 Å². The molecule has 2 aliphatic carbocycles. The number of aromatic nitrogens is 2. The Morgan fingerprint density at radius 3 is 2.68 bits per heavy atom. The first-order chi connectivity index (χ1) is 16.4. The number of allylic oxidation sites excluding steroid dienone is 1. The van der Waals surface area contributed by atoms with Gasteiger partial charge in [-0.2, -0.15) is 4.98 Å². The molecule has 1 amide bonds. The first-order valence-electron chi connectivity index (χ1n) is 12.0. The smallest absolute Gasteiger partial charge is 0.229 e. The molecule has 8 nitrogen and oxygen atoms in total. The summed E-state index contributed by atoms with van der Waals surface area (Å²) in [5.74, 6) is -0.692. The summed E-state index contributed by atoms with van der Waals surface area (Å²) in [7, 11) is 2.16. The van der Waals surface area contributed by atoms with Crippen molar-refractivity contribution in [3.05, 3.63) is 47.9 Å². The molecule has 1 aliphatic heterocycles. The maximum atomic E-state index is 14.5. The summed E-state index contributed by atoms with van der Waals surface area (Å²) in [6.45, 7) is 4.27. The molecule has 2 aromatic rings. The Morgan fingerprint density at radius 2 is 1.94 bits per heavy atom. The molecule has 9 heteroatoms. The molecule has 3 aliphatic rings. The summed E-state index contributed by atoms with van der Waals surface area (Å²) in [6, 6.07) is 6.26. The predicted molar refractivity (Wildman–Crippen MR) is 131 cm³/mol. The van der Waals surface area contributed by atoms with Crippen LogP contribution in [0.25, 0.3) is 0 Å². The van der Waals surface area contributed by atoms with Gasteiger partial charge in [0.05, 0.1) is 12.1 Å². The summed E-state index contributed by atoms with van der Waals surface area (Å²) >= 11 is 0. The number of hydrogen-bond acceptors (Lipinski definition) is 7. The van der Waals surface area contributed by atoms with Crippen LogP contribution in [-0.4, -0.2) is 53.0 Å². The standard InChI is InChI=1S/C25H32FN7O/c1-14-11-18(5-6-20(14)29-17-7-9-33(2)10-8-17)30-25-28-13-19(26)24(32-25)31-22-16-4-3-15(12-16)21(22)23(27)34/h3-6,11,13,15-17,21-22,29H,7-10,12H2,1-2H3,(H2,27,34)(H2,28,30,31,32)/t15-,16+,21+,22-/m1/s1. The van der Waals surface area contributed by atoms with Gasteiger partial charge in [-0.15, -0.1) is 0 Å². The fraction of sp³-hybridized carbons (Fsp3) is 0.480. The van der Waals surface area contributed by atoms with Crippen molar-refractivity contribution in [1.82, 2.24) is 14.9 Å². The van der Waals surface area contributed by atoms with Gasteiger partial charge in [-0.3, -0.25) is 4.79 Å². The predicted octanol–water partition coefficient (Wildman–Crippen LogP) is 3.26. The quantitative estimate of drug-likeness (QED) is 0.465. The molecule has 2 heterocycles. The average Bonchev–Trinajstić information content (AvgIpc) is 3.41. The minimum absolute atomic E-state index is 0.0759. The highest BCUT2D eigenvalue weighted by Gasteiger charge is 2.47. The number of aryl methyl sites for hydroxylation is 1. The molecule has 0 spiro atoms. The van der Waals surface area contributed by atoms with Crippen LogP contribution in [0, 0.1) is 30.5 Å². The number of benzene rings is 1. The highest BCUT2D eigenvalue weighted by molar-refractivity contribution is 5.79. The molecule has 1 saturated carbocycles. The lowest BCUT2D eigenvalue weighted by molar-refractivity contribution is -0.122. The average molecular weight is 466 g/mol. The van der Waals surface area contributed by atoms with Gasteiger partial charge in [-0.1, -0.05) is 12.2 Å². The van der Waals surface area contributed by atoms with E-state index in [1.165, 1.54) is 0 Å². The van der Waals surface area contributed by atoms with E-state index in [-0.39, 0.29) is 41.5 Å². The molecule has 2 bridgehead atoms. The second kappa shape index (κ2) is 9.21. The number of primary amides is 1. The van der Waals surface area contributed by atoms with Crippen molar-refractivity contribution in [1.29, 1.82) is 0 Å². The number of nitrogens with zero attached hydrogens (tertiary/aromatic N) is 3. The zero-order valence-corrected chi connectivity index (χ0v) is 19.6. The van der Waals surface area contributed by atoms with Crippen molar-refractivity contribution in [2.45, 2.75) is 38.3 Å². The molecule has 5 rings (SSSR count). The van der Waals surface area contributed by atoms with Gasteiger partial charge in [-0.05, 0) is 81.9 Å². The first kappa shape index (κ1) is 22.6. The SMILES string of the molecule is Cc1cc(Nc2ncc(F)c(N[C@H]3[C@@H](C(N)=O)[C@@H]4C=C[C@H]3C4)n2)ccc1NC1CCN(C)CC1. The summed E-state index contributed by atoms with van der Waals surface area (Å²) in [5.41, 5.74) is 8.68. The molecule has 0 radical (unpaired) electrons. The number of piperidine rings is 1. The normalized spacial score (nSPS) is 26.6. The zero-order chi connectivity index (χ0) is 23.8. The van der Waals surface area contributed by atoms with Gasteiger partial charge < -0.3 is 26.6 Å². The number of amides is 1. The maximum Gasteiger partial charge on any atom is 0.229 e. The van der Waals surface area contributed by atoms with Gasteiger partial charge in [0.25, 0.3) is 0 Å². The molecule has 0 unspecified atom stereocenters. The maximum absolute atomic E-state index is 14.5. The number of fused-ring (bicyclic) bond motifs is 2. The molecule has 180 valence electrons. The van der Waals surface area contributed by atoms with Crippen molar-refractivity contribution in [2.24, 2.45) is 23.5 Å². The fourth-order valence-corrected chi connectivity index (χ4v) is 5.50. The van der Waals surface area contributed by atoms with Gasteiger partial charge in [0.1, 0.15) is 0 Å². The van der Waals surface area contributed by atoms with Crippen LogP contribution in [0.4, 0.5) is 27.5 Å². The topological polar surface area (TPSA) is 108 Å². The number of nitrogens with one attached hydrogen (secondary N) is 3. The monoisotopic (exact) mass is 465 g/mol. The van der Waals surface area contributed by atoms with Crippen LogP contribution in [0.3, 0.4) is 0 Å². The van der Waals surface area contributed by atoms with Crippen molar-refractivity contribution >= 4 is 29.0 Å². The molecule has 5 N–H and O–H groups in total. The Kier molecular flexibility index (Phi) is 6.12. The van der Waals surface area contributed by atoms with E-state index in [4.69, 9.17) is 5.73 Å². The van der Waals surface area contributed by atoms with Crippen LogP contribution in [0.2, 0.25) is 0 Å². The Morgan fingerprint density at radius 1 is 1.18 bits per heavy atom. The molecule has 1 saturated heterocycles. The van der Waals surface area contributed by atoms with Gasteiger partial charge in [0.15, 0.2) is 11.6 Å². The third-order valence-corrected chi connectivity index (χ3v) is 7.40. The number of rotatable bonds is 7. The molecular weight excluding hydrogens is 433 g/mol. The lowest BCUT2D eigenvalue weighted by Crippen LogP contribution is -2.41. The third-order valence-electron chi connectivity index (χ3n) is 7.40. The van der Waals surface area contributed by atoms with E-state index in [2.05, 4.69) is 56.9 Å². The minimum atomic E-state index is -0.561. The number of anilines is 4. The lowest BCUT2D eigenvalue weighted by Gasteiger charge is -2.30. The van der Waals surface area contributed by atoms with Crippen LogP contribution in [0.15, 0.2) is 36.5 Å². The van der Waals surface area contributed by atoms with Gasteiger partial charge in [0.2, 0.25) is 11.9 Å². The second-order valence-electron chi connectivity index (χ2n) is 9.81. The number of nitrogens with two attached hydrogens (primary N) is 1. The Bertz CT molecular complexity index is 1100. The van der Waals surface area contributed by atoms with E-state index in [1.54, 1.807) is 0 Å². The molecule has 1 aromatic carbocycles. The minimum Gasteiger partial charge on any atom is -0.382 e. The van der Waals surface area contributed by atoms with Crippen LogP contribution in [0.5, 0.6) is 0 Å². The summed E-state index contributed by atoms with van der Waals surface area (Å²) in [6.07, 6.45) is 8.36. The van der Waals surface area contributed by atoms with Crippen LogP contribution in [0.1, 0.15) is 24.8 Å². The lowest BCUT2D eigenvalue weighted by atomic mass is 9.88. The van der Waals surface area contributed by atoms with E-state index < -0.39 is 5.82 Å². The largest absolute Gasteiger partial charge is 0.382 e. The summed E-state index contributed by atoms with van der Waals surface area (Å²) in [4.78, 5) is 22.8. The Balaban J connectivity index is 1.27. The third kappa shape index (κ3) is 4.57. The first-order valence-corrected chi connectivity index (χ1v) is 12.0. The van der Waals surface area contributed by atoms with E-state index in [0.717, 1.165) is 55.5 Å². The molecular formula is C25H32FN7O. The Hall–Kier alpha value is -3.20. The van der Waals surface area contributed by atoms with E-state index in [0.29, 0.717) is 6.04 Å². The number of hydrogen-bond donors (Lipinski definition) is 4. The van der Waals surface area contributed by atoms with Gasteiger partial charge in [0, 0.05) is 23.5 Å². The molecule has 34 heavy (non-hydrogen) atoms. The van der Waals surface area contributed by atoms with Crippen molar-refractivity contribution < 1.29 is 9.18 Å². The summed E-state index contributed by atoms with van der Waals surface area (Å²) < 4.78 is 14.5. The molecule has 1 aromatic heterocycles. The van der Waals surface area contributed by atoms with E-state index in [9.17, 15) is 9.18 Å². The highest BCUT2D eigenvalue weighted by Crippen LogP contribution is 2.44. The van der Waals surface area contributed by atoms with Crippen LogP contribution in [-0.2, 0) is 4.79 Å². The Labute approximate surface area is 199 Å². The zero-order valence-electron chi connectivity index (χ0n) is 19.6. The van der Waals surface area contributed by atoms with E-state index in [1.807, 2.05) is 18.2 Å². The van der Waals surface area contributed by atoms with Crippen molar-refractivity contribution in [3.63, 3.8) is 0 Å². The van der Waals surface area contributed by atoms with Gasteiger partial charge in [-0.25, -0.2) is 9.37 Å². The molecule has 2 fully saturated rings. The van der Waals surface area contributed by atoms with Crippen LogP contribution < -0.4 is 21.7 Å². The summed E-state index contributed by atoms with van der Waals surface area (Å²) in [5, 5.41) is 9.96. The van der Waals surface area contributed by atoms with Gasteiger partial charge >= 0.3 is 0 Å². The number of carbonyl (C=O) groups excluding carboxylic acids is 1. The number of likely N-dealkylation sites (tertiary alicyclic amines) is 1. The molecule has 4 atom stereocenters. The second-order valence-corrected chi connectivity index (χ2v) is 9.81. The van der Waals surface area contributed by atoms with Crippen molar-refractivity contribution in [2.75, 3.05) is 36.1 Å². The number of halogens is 1. The number of carbonyl (C=O) groups is 1. The van der Waals surface area contributed by atoms with Crippen LogP contribution >= 0.6 is 0 Å². The fourth-order valence-electron chi connectivity index (χ4n) is 5.50. The van der Waals surface area contributed by atoms with E-state index >= 15 is 0 Å². The highest BCUT2D eigenvalue weighted by atomic mass is 19.1.